The van der Waals surface area contributed by atoms with Gasteiger partial charge in [0.05, 0.1) is 0 Å². The molecule has 0 aromatic heterocycles. The van der Waals surface area contributed by atoms with Crippen LogP contribution in [-0.4, -0.2) is 30.6 Å². The molecule has 0 amide bonds. The van der Waals surface area contributed by atoms with Crippen LogP contribution in [0.5, 0.6) is 0 Å². The van der Waals surface area contributed by atoms with E-state index in [1.54, 1.807) is 0 Å². The second-order valence-corrected chi connectivity index (χ2v) is 4.48. The van der Waals surface area contributed by atoms with Gasteiger partial charge in [0.1, 0.15) is 0 Å². The normalized spacial score (nSPS) is 20.9. The number of azide groups is 1. The predicted octanol–water partition coefficient (Wildman–Crippen LogP) is 2.56. The van der Waals surface area contributed by atoms with E-state index in [1.807, 2.05) is 0 Å². The Labute approximate surface area is 84.9 Å². The molecule has 78 valence electrons. The maximum atomic E-state index is 8.15. The minimum absolute atomic E-state index is 0.657. The van der Waals surface area contributed by atoms with E-state index in [4.69, 9.17) is 5.53 Å². The lowest BCUT2D eigenvalue weighted by Crippen LogP contribution is -2.29. The van der Waals surface area contributed by atoms with Crippen molar-refractivity contribution in [1.29, 1.82) is 0 Å². The van der Waals surface area contributed by atoms with E-state index in [2.05, 4.69) is 14.9 Å². The van der Waals surface area contributed by atoms with E-state index in [9.17, 15) is 0 Å². The molecular formula is C10H18N4. The minimum atomic E-state index is 0.657. The van der Waals surface area contributed by atoms with Crippen molar-refractivity contribution in [1.82, 2.24) is 4.90 Å². The molecule has 0 aromatic rings. The lowest BCUT2D eigenvalue weighted by molar-refractivity contribution is 0.251. The van der Waals surface area contributed by atoms with E-state index in [-0.39, 0.29) is 0 Å². The van der Waals surface area contributed by atoms with Gasteiger partial charge in [-0.15, -0.1) is 0 Å². The van der Waals surface area contributed by atoms with Crippen LogP contribution in [0.25, 0.3) is 10.4 Å². The van der Waals surface area contributed by atoms with Gasteiger partial charge < -0.3 is 4.90 Å². The van der Waals surface area contributed by atoms with E-state index < -0.39 is 0 Å². The molecule has 0 saturated heterocycles. The molecule has 4 heteroatoms. The molecule has 2 fully saturated rings. The Balaban J connectivity index is 1.64. The maximum Gasteiger partial charge on any atom is 0.0270 e. The first-order valence-corrected chi connectivity index (χ1v) is 5.65. The van der Waals surface area contributed by atoms with Gasteiger partial charge in [0.25, 0.3) is 0 Å². The van der Waals surface area contributed by atoms with E-state index in [1.165, 1.54) is 32.2 Å². The highest BCUT2D eigenvalue weighted by atomic mass is 15.2. The van der Waals surface area contributed by atoms with Crippen molar-refractivity contribution in [2.24, 2.45) is 11.0 Å². The molecule has 4 nitrogen and oxygen atoms in total. The average molecular weight is 194 g/mol. The number of hydrogen-bond donors (Lipinski definition) is 0. The Kier molecular flexibility index (Phi) is 3.27. The van der Waals surface area contributed by atoms with Crippen molar-refractivity contribution < 1.29 is 0 Å². The van der Waals surface area contributed by atoms with Crippen LogP contribution in [0.3, 0.4) is 0 Å². The van der Waals surface area contributed by atoms with Crippen molar-refractivity contribution in [3.63, 3.8) is 0 Å². The third-order valence-corrected chi connectivity index (χ3v) is 3.02. The molecular weight excluding hydrogens is 176 g/mol. The third kappa shape index (κ3) is 3.20. The zero-order chi connectivity index (χ0) is 9.80. The molecule has 2 aliphatic rings. The predicted molar refractivity (Wildman–Crippen MR) is 55.9 cm³/mol. The van der Waals surface area contributed by atoms with Gasteiger partial charge in [-0.3, -0.25) is 0 Å². The smallest absolute Gasteiger partial charge is 0.0270 e. The molecule has 2 saturated carbocycles. The molecule has 2 aliphatic carbocycles. The fourth-order valence-corrected chi connectivity index (χ4v) is 1.88. The highest BCUT2D eigenvalue weighted by Crippen LogP contribution is 2.34. The topological polar surface area (TPSA) is 52.0 Å². The highest BCUT2D eigenvalue weighted by Gasteiger charge is 2.32. The van der Waals surface area contributed by atoms with Gasteiger partial charge >= 0.3 is 0 Å². The summed E-state index contributed by atoms with van der Waals surface area (Å²) in [5.74, 6) is 0.982. The zero-order valence-electron chi connectivity index (χ0n) is 8.60. The van der Waals surface area contributed by atoms with E-state index in [0.29, 0.717) is 6.54 Å². The standard InChI is InChI=1S/C10H18N4/c11-13-12-6-1-7-14(10-4-5-10)8-9-2-3-9/h9-10H,1-8H2. The Morgan fingerprint density at radius 3 is 2.64 bits per heavy atom. The Morgan fingerprint density at radius 1 is 1.29 bits per heavy atom. The van der Waals surface area contributed by atoms with Gasteiger partial charge in [0.15, 0.2) is 0 Å². The van der Waals surface area contributed by atoms with Gasteiger partial charge in [0.2, 0.25) is 0 Å². The van der Waals surface area contributed by atoms with Crippen LogP contribution in [0.4, 0.5) is 0 Å². The minimum Gasteiger partial charge on any atom is -0.300 e. The van der Waals surface area contributed by atoms with Crippen molar-refractivity contribution in [2.75, 3.05) is 19.6 Å². The van der Waals surface area contributed by atoms with Crippen LogP contribution in [0.2, 0.25) is 0 Å². The number of hydrogen-bond acceptors (Lipinski definition) is 2. The summed E-state index contributed by atoms with van der Waals surface area (Å²) >= 11 is 0. The monoisotopic (exact) mass is 194 g/mol. The average Bonchev–Trinajstić information content (AvgIpc) is 3.02. The Morgan fingerprint density at radius 2 is 2.07 bits per heavy atom. The summed E-state index contributed by atoms with van der Waals surface area (Å²) in [7, 11) is 0. The fraction of sp³-hybridized carbons (Fsp3) is 1.00. The molecule has 0 unspecified atom stereocenters. The van der Waals surface area contributed by atoms with Crippen LogP contribution in [0.1, 0.15) is 32.1 Å². The second-order valence-electron chi connectivity index (χ2n) is 4.48. The molecule has 0 spiro atoms. The number of rotatable bonds is 7. The summed E-state index contributed by atoms with van der Waals surface area (Å²) in [6.07, 6.45) is 6.65. The summed E-state index contributed by atoms with van der Waals surface area (Å²) < 4.78 is 0. The van der Waals surface area contributed by atoms with Gasteiger partial charge in [-0.2, -0.15) is 0 Å². The van der Waals surface area contributed by atoms with Gasteiger partial charge in [0, 0.05) is 24.0 Å². The molecule has 0 heterocycles. The van der Waals surface area contributed by atoms with Gasteiger partial charge in [-0.1, -0.05) is 5.11 Å². The first-order chi connectivity index (χ1) is 6.90. The molecule has 14 heavy (non-hydrogen) atoms. The van der Waals surface area contributed by atoms with Gasteiger partial charge in [-0.25, -0.2) is 0 Å². The molecule has 0 aromatic carbocycles. The summed E-state index contributed by atoms with van der Waals surface area (Å²) in [5, 5.41) is 3.57. The second kappa shape index (κ2) is 4.67. The highest BCUT2D eigenvalue weighted by molar-refractivity contribution is 4.88. The van der Waals surface area contributed by atoms with Crippen LogP contribution < -0.4 is 0 Å². The van der Waals surface area contributed by atoms with Gasteiger partial charge in [-0.05, 0) is 50.1 Å². The third-order valence-electron chi connectivity index (χ3n) is 3.02. The largest absolute Gasteiger partial charge is 0.300 e. The fourth-order valence-electron chi connectivity index (χ4n) is 1.88. The lowest BCUT2D eigenvalue weighted by atomic mass is 10.3. The Bertz CT molecular complexity index is 226. The first-order valence-electron chi connectivity index (χ1n) is 5.65. The van der Waals surface area contributed by atoms with Crippen molar-refractivity contribution in [3.8, 4) is 0 Å². The van der Waals surface area contributed by atoms with Crippen molar-refractivity contribution in [2.45, 2.75) is 38.1 Å². The molecule has 0 atom stereocenters. The zero-order valence-corrected chi connectivity index (χ0v) is 8.60. The van der Waals surface area contributed by atoms with Crippen LogP contribution in [0, 0.1) is 5.92 Å². The van der Waals surface area contributed by atoms with Crippen molar-refractivity contribution in [3.05, 3.63) is 10.4 Å². The molecule has 0 bridgehead atoms. The lowest BCUT2D eigenvalue weighted by Gasteiger charge is -2.21. The van der Waals surface area contributed by atoms with E-state index >= 15 is 0 Å². The number of nitrogens with zero attached hydrogens (tertiary/aromatic N) is 4. The van der Waals surface area contributed by atoms with Crippen molar-refractivity contribution >= 4 is 0 Å². The summed E-state index contributed by atoms with van der Waals surface area (Å²) in [5.41, 5.74) is 8.15. The molecule has 0 radical (unpaired) electrons. The Hall–Kier alpha value is -0.730. The summed E-state index contributed by atoms with van der Waals surface area (Å²) in [6, 6.07) is 0.863. The van der Waals surface area contributed by atoms with Crippen LogP contribution >= 0.6 is 0 Å². The SMILES string of the molecule is [N-]=[N+]=NCCCN(CC1CC1)C1CC1. The van der Waals surface area contributed by atoms with Crippen LogP contribution in [0.15, 0.2) is 5.11 Å². The molecule has 0 aliphatic heterocycles. The maximum absolute atomic E-state index is 8.15. The summed E-state index contributed by atoms with van der Waals surface area (Å²) in [6.45, 7) is 3.07. The molecule has 2 rings (SSSR count). The summed E-state index contributed by atoms with van der Waals surface area (Å²) in [4.78, 5) is 5.37. The first kappa shape index (κ1) is 9.81. The van der Waals surface area contributed by atoms with Crippen LogP contribution in [-0.2, 0) is 0 Å². The van der Waals surface area contributed by atoms with E-state index in [0.717, 1.165) is 24.9 Å². The molecule has 0 N–H and O–H groups in total. The quantitative estimate of drug-likeness (QED) is 0.266.